The van der Waals surface area contributed by atoms with Crippen molar-refractivity contribution >= 4 is 28.9 Å². The van der Waals surface area contributed by atoms with Crippen molar-refractivity contribution < 1.29 is 17.9 Å². The molecular weight excluding hydrogens is 326 g/mol. The van der Waals surface area contributed by atoms with Gasteiger partial charge >= 0.3 is 6.36 Å². The van der Waals surface area contributed by atoms with E-state index in [2.05, 4.69) is 10.1 Å². The lowest BCUT2D eigenvalue weighted by atomic mass is 10.2. The van der Waals surface area contributed by atoms with Crippen molar-refractivity contribution in [1.29, 1.82) is 0 Å². The third-order valence-electron chi connectivity index (χ3n) is 2.54. The fourth-order valence-corrected chi connectivity index (χ4v) is 2.04. The summed E-state index contributed by atoms with van der Waals surface area (Å²) in [4.78, 5) is 0. The molecule has 0 aliphatic carbocycles. The second kappa shape index (κ2) is 6.45. The van der Waals surface area contributed by atoms with Crippen LogP contribution in [-0.4, -0.2) is 6.36 Å². The Morgan fingerprint density at radius 3 is 2.52 bits per heavy atom. The SMILES string of the molecule is FC(F)(F)Oc1cccc(CNc2cc(Cl)ccc2Cl)c1. The van der Waals surface area contributed by atoms with Gasteiger partial charge in [-0.15, -0.1) is 13.2 Å². The topological polar surface area (TPSA) is 21.3 Å². The van der Waals surface area contributed by atoms with E-state index in [1.165, 1.54) is 18.2 Å². The minimum absolute atomic E-state index is 0.265. The van der Waals surface area contributed by atoms with Gasteiger partial charge in [0.2, 0.25) is 0 Å². The fourth-order valence-electron chi connectivity index (χ4n) is 1.68. The van der Waals surface area contributed by atoms with Crippen LogP contribution in [0.25, 0.3) is 0 Å². The van der Waals surface area contributed by atoms with Gasteiger partial charge in [-0.2, -0.15) is 0 Å². The first-order valence-electron chi connectivity index (χ1n) is 5.87. The van der Waals surface area contributed by atoms with E-state index in [1.807, 2.05) is 0 Å². The zero-order chi connectivity index (χ0) is 15.5. The highest BCUT2D eigenvalue weighted by Crippen LogP contribution is 2.27. The first-order valence-corrected chi connectivity index (χ1v) is 6.63. The summed E-state index contributed by atoms with van der Waals surface area (Å²) in [5, 5.41) is 3.99. The molecule has 0 spiro atoms. The number of halogens is 5. The largest absolute Gasteiger partial charge is 0.573 e. The number of ether oxygens (including phenoxy) is 1. The third kappa shape index (κ3) is 5.02. The molecule has 0 aliphatic rings. The van der Waals surface area contributed by atoms with Crippen LogP contribution >= 0.6 is 23.2 Å². The highest BCUT2D eigenvalue weighted by Gasteiger charge is 2.31. The highest BCUT2D eigenvalue weighted by molar-refractivity contribution is 6.35. The Balaban J connectivity index is 2.06. The molecule has 0 saturated carbocycles. The van der Waals surface area contributed by atoms with Crippen LogP contribution in [0, 0.1) is 0 Å². The van der Waals surface area contributed by atoms with Crippen molar-refractivity contribution in [3.05, 3.63) is 58.1 Å². The van der Waals surface area contributed by atoms with E-state index in [9.17, 15) is 13.2 Å². The molecule has 0 radical (unpaired) electrons. The summed E-state index contributed by atoms with van der Waals surface area (Å²) in [6, 6.07) is 10.6. The van der Waals surface area contributed by atoms with Gasteiger partial charge in [-0.1, -0.05) is 35.3 Å². The minimum atomic E-state index is -4.71. The fraction of sp³-hybridized carbons (Fsp3) is 0.143. The van der Waals surface area contributed by atoms with Gasteiger partial charge in [0, 0.05) is 11.6 Å². The second-order valence-corrected chi connectivity index (χ2v) is 5.02. The quantitative estimate of drug-likeness (QED) is 0.796. The molecule has 0 heterocycles. The Labute approximate surface area is 129 Å². The molecule has 2 aromatic carbocycles. The van der Waals surface area contributed by atoms with Crippen LogP contribution < -0.4 is 10.1 Å². The molecule has 0 unspecified atom stereocenters. The van der Waals surface area contributed by atoms with E-state index < -0.39 is 6.36 Å². The maximum atomic E-state index is 12.2. The van der Waals surface area contributed by atoms with Crippen molar-refractivity contribution in [2.75, 3.05) is 5.32 Å². The van der Waals surface area contributed by atoms with Gasteiger partial charge in [0.05, 0.1) is 10.7 Å². The maximum Gasteiger partial charge on any atom is 0.573 e. The maximum absolute atomic E-state index is 12.2. The van der Waals surface area contributed by atoms with Crippen LogP contribution in [-0.2, 0) is 6.54 Å². The van der Waals surface area contributed by atoms with Gasteiger partial charge in [0.25, 0.3) is 0 Å². The van der Waals surface area contributed by atoms with Crippen molar-refractivity contribution in [3.63, 3.8) is 0 Å². The smallest absolute Gasteiger partial charge is 0.406 e. The molecule has 7 heteroatoms. The lowest BCUT2D eigenvalue weighted by Gasteiger charge is -2.12. The average molecular weight is 336 g/mol. The summed E-state index contributed by atoms with van der Waals surface area (Å²) in [5.74, 6) is -0.265. The first-order chi connectivity index (χ1) is 9.83. The molecule has 0 amide bonds. The monoisotopic (exact) mass is 335 g/mol. The second-order valence-electron chi connectivity index (χ2n) is 4.17. The van der Waals surface area contributed by atoms with Gasteiger partial charge in [-0.25, -0.2) is 0 Å². The van der Waals surface area contributed by atoms with Crippen molar-refractivity contribution in [2.24, 2.45) is 0 Å². The number of benzene rings is 2. The van der Waals surface area contributed by atoms with Crippen LogP contribution in [0.15, 0.2) is 42.5 Å². The summed E-state index contributed by atoms with van der Waals surface area (Å²) in [5.41, 5.74) is 1.22. The van der Waals surface area contributed by atoms with E-state index in [0.717, 1.165) is 0 Å². The standard InChI is InChI=1S/C14H10Cl2F3NO/c15-10-4-5-12(16)13(7-10)20-8-9-2-1-3-11(6-9)21-14(17,18)19/h1-7,20H,8H2. The lowest BCUT2D eigenvalue weighted by Crippen LogP contribution is -2.17. The van der Waals surface area contributed by atoms with Gasteiger partial charge < -0.3 is 10.1 Å². The molecule has 112 valence electrons. The normalized spacial score (nSPS) is 11.3. The van der Waals surface area contributed by atoms with Crippen LogP contribution in [0.4, 0.5) is 18.9 Å². The Hall–Kier alpha value is -1.59. The summed E-state index contributed by atoms with van der Waals surface area (Å²) in [6.45, 7) is 0.287. The number of hydrogen-bond acceptors (Lipinski definition) is 2. The predicted octanol–water partition coefficient (Wildman–Crippen LogP) is 5.50. The molecule has 0 atom stereocenters. The molecule has 0 saturated heterocycles. The molecule has 2 aromatic rings. The molecular formula is C14H10Cl2F3NO. The number of alkyl halides is 3. The van der Waals surface area contributed by atoms with Crippen molar-refractivity contribution in [1.82, 2.24) is 0 Å². The summed E-state index contributed by atoms with van der Waals surface area (Å²) in [6.07, 6.45) is -4.71. The number of rotatable bonds is 4. The van der Waals surface area contributed by atoms with Crippen LogP contribution in [0.2, 0.25) is 10.0 Å². The lowest BCUT2D eigenvalue weighted by molar-refractivity contribution is -0.274. The van der Waals surface area contributed by atoms with Crippen LogP contribution in [0.5, 0.6) is 5.75 Å². The first kappa shape index (κ1) is 15.8. The van der Waals surface area contributed by atoms with E-state index >= 15 is 0 Å². The molecule has 21 heavy (non-hydrogen) atoms. The van der Waals surface area contributed by atoms with E-state index in [0.29, 0.717) is 21.3 Å². The highest BCUT2D eigenvalue weighted by atomic mass is 35.5. The molecule has 0 bridgehead atoms. The average Bonchev–Trinajstić information content (AvgIpc) is 2.38. The molecule has 1 N–H and O–H groups in total. The minimum Gasteiger partial charge on any atom is -0.406 e. The van der Waals surface area contributed by atoms with E-state index in [1.54, 1.807) is 24.3 Å². The van der Waals surface area contributed by atoms with Crippen LogP contribution in [0.3, 0.4) is 0 Å². The van der Waals surface area contributed by atoms with Gasteiger partial charge in [0.15, 0.2) is 0 Å². The van der Waals surface area contributed by atoms with E-state index in [4.69, 9.17) is 23.2 Å². The Morgan fingerprint density at radius 2 is 1.81 bits per heavy atom. The number of anilines is 1. The zero-order valence-corrected chi connectivity index (χ0v) is 12.1. The number of nitrogens with one attached hydrogen (secondary N) is 1. The van der Waals surface area contributed by atoms with E-state index in [-0.39, 0.29) is 12.3 Å². The predicted molar refractivity (Wildman–Crippen MR) is 76.9 cm³/mol. The molecule has 2 nitrogen and oxygen atoms in total. The van der Waals surface area contributed by atoms with Gasteiger partial charge in [0.1, 0.15) is 5.75 Å². The third-order valence-corrected chi connectivity index (χ3v) is 3.11. The Bertz CT molecular complexity index is 632. The number of hydrogen-bond donors (Lipinski definition) is 1. The summed E-state index contributed by atoms with van der Waals surface area (Å²) < 4.78 is 40.3. The van der Waals surface area contributed by atoms with Gasteiger partial charge in [-0.05, 0) is 35.9 Å². The van der Waals surface area contributed by atoms with Crippen molar-refractivity contribution in [2.45, 2.75) is 12.9 Å². The summed E-state index contributed by atoms with van der Waals surface area (Å²) >= 11 is 11.8. The molecule has 0 aliphatic heterocycles. The zero-order valence-electron chi connectivity index (χ0n) is 10.5. The molecule has 0 aromatic heterocycles. The van der Waals surface area contributed by atoms with Gasteiger partial charge in [-0.3, -0.25) is 0 Å². The van der Waals surface area contributed by atoms with Crippen molar-refractivity contribution in [3.8, 4) is 5.75 Å². The molecule has 2 rings (SSSR count). The Morgan fingerprint density at radius 1 is 1.05 bits per heavy atom. The molecule has 0 fully saturated rings. The van der Waals surface area contributed by atoms with Crippen LogP contribution in [0.1, 0.15) is 5.56 Å². The Kier molecular flexibility index (Phi) is 4.85. The summed E-state index contributed by atoms with van der Waals surface area (Å²) in [7, 11) is 0.